The third-order valence-electron chi connectivity index (χ3n) is 2.66. The minimum absolute atomic E-state index is 0.586. The van der Waals surface area contributed by atoms with Gasteiger partial charge in [0.2, 0.25) is 0 Å². The molecule has 1 unspecified atom stereocenters. The van der Waals surface area contributed by atoms with Gasteiger partial charge in [0.15, 0.2) is 0 Å². The SMILES string of the molecule is CCCNC(CCC)Cn1ccnc1C. The Bertz CT molecular complexity index is 268. The summed E-state index contributed by atoms with van der Waals surface area (Å²) in [4.78, 5) is 4.25. The molecule has 0 spiro atoms. The smallest absolute Gasteiger partial charge is 0.105 e. The van der Waals surface area contributed by atoms with E-state index in [1.54, 1.807) is 0 Å². The molecular formula is C12H23N3. The molecule has 0 aliphatic heterocycles. The van der Waals surface area contributed by atoms with E-state index in [4.69, 9.17) is 0 Å². The molecule has 86 valence electrons. The Kier molecular flexibility index (Phi) is 5.40. The molecule has 1 aromatic heterocycles. The van der Waals surface area contributed by atoms with Crippen LogP contribution in [0.15, 0.2) is 12.4 Å². The zero-order valence-corrected chi connectivity index (χ0v) is 10.2. The molecule has 1 rings (SSSR count). The van der Waals surface area contributed by atoms with Crippen LogP contribution in [0.5, 0.6) is 0 Å². The van der Waals surface area contributed by atoms with Crippen molar-refractivity contribution in [2.24, 2.45) is 0 Å². The van der Waals surface area contributed by atoms with Crippen LogP contribution in [0.1, 0.15) is 38.9 Å². The van der Waals surface area contributed by atoms with Crippen LogP contribution in [0.2, 0.25) is 0 Å². The molecule has 0 aliphatic carbocycles. The highest BCUT2D eigenvalue weighted by molar-refractivity contribution is 4.89. The Morgan fingerprint density at radius 1 is 1.40 bits per heavy atom. The average molecular weight is 209 g/mol. The second-order valence-electron chi connectivity index (χ2n) is 4.07. The Morgan fingerprint density at radius 2 is 2.20 bits per heavy atom. The van der Waals surface area contributed by atoms with Crippen LogP contribution in [0.3, 0.4) is 0 Å². The zero-order chi connectivity index (χ0) is 11.1. The van der Waals surface area contributed by atoms with E-state index in [0.717, 1.165) is 18.9 Å². The molecule has 0 amide bonds. The second kappa shape index (κ2) is 6.62. The lowest BCUT2D eigenvalue weighted by Gasteiger charge is -2.19. The molecule has 0 aromatic carbocycles. The summed E-state index contributed by atoms with van der Waals surface area (Å²) in [6, 6.07) is 0.586. The van der Waals surface area contributed by atoms with Crippen LogP contribution >= 0.6 is 0 Å². The zero-order valence-electron chi connectivity index (χ0n) is 10.2. The van der Waals surface area contributed by atoms with Gasteiger partial charge in [0.1, 0.15) is 5.82 Å². The fourth-order valence-corrected chi connectivity index (χ4v) is 1.79. The normalized spacial score (nSPS) is 13.0. The van der Waals surface area contributed by atoms with Gasteiger partial charge in [0.05, 0.1) is 0 Å². The second-order valence-corrected chi connectivity index (χ2v) is 4.07. The molecule has 1 N–H and O–H groups in total. The van der Waals surface area contributed by atoms with Crippen molar-refractivity contribution in [3.05, 3.63) is 18.2 Å². The van der Waals surface area contributed by atoms with Gasteiger partial charge in [-0.15, -0.1) is 0 Å². The van der Waals surface area contributed by atoms with Crippen molar-refractivity contribution < 1.29 is 0 Å². The minimum atomic E-state index is 0.586. The van der Waals surface area contributed by atoms with Crippen molar-refractivity contribution in [2.75, 3.05) is 6.54 Å². The number of nitrogens with one attached hydrogen (secondary N) is 1. The predicted octanol–water partition coefficient (Wildman–Crippen LogP) is 2.36. The lowest BCUT2D eigenvalue weighted by atomic mass is 10.1. The summed E-state index contributed by atoms with van der Waals surface area (Å²) in [5.74, 6) is 1.11. The van der Waals surface area contributed by atoms with E-state index in [9.17, 15) is 0 Å². The van der Waals surface area contributed by atoms with Crippen molar-refractivity contribution in [1.29, 1.82) is 0 Å². The summed E-state index contributed by atoms with van der Waals surface area (Å²) in [6.07, 6.45) is 7.60. The quantitative estimate of drug-likeness (QED) is 0.747. The number of rotatable bonds is 7. The van der Waals surface area contributed by atoms with Crippen molar-refractivity contribution in [1.82, 2.24) is 14.9 Å². The maximum Gasteiger partial charge on any atom is 0.105 e. The van der Waals surface area contributed by atoms with Gasteiger partial charge in [-0.3, -0.25) is 0 Å². The average Bonchev–Trinajstić information content (AvgIpc) is 2.61. The predicted molar refractivity (Wildman–Crippen MR) is 64.0 cm³/mol. The third-order valence-corrected chi connectivity index (χ3v) is 2.66. The van der Waals surface area contributed by atoms with E-state index in [0.29, 0.717) is 6.04 Å². The lowest BCUT2D eigenvalue weighted by molar-refractivity contribution is 0.416. The molecule has 0 radical (unpaired) electrons. The van der Waals surface area contributed by atoms with Crippen molar-refractivity contribution >= 4 is 0 Å². The summed E-state index contributed by atoms with van der Waals surface area (Å²) in [5, 5.41) is 3.59. The first kappa shape index (κ1) is 12.2. The van der Waals surface area contributed by atoms with Crippen LogP contribution < -0.4 is 5.32 Å². The molecular weight excluding hydrogens is 186 g/mol. The topological polar surface area (TPSA) is 29.9 Å². The highest BCUT2D eigenvalue weighted by atomic mass is 15.1. The largest absolute Gasteiger partial charge is 0.334 e. The molecule has 1 aromatic rings. The molecule has 0 aliphatic rings. The van der Waals surface area contributed by atoms with Crippen LogP contribution in [-0.2, 0) is 6.54 Å². The standard InChI is InChI=1S/C12H23N3/c1-4-6-12(14-7-5-2)10-15-9-8-13-11(15)3/h8-9,12,14H,4-7,10H2,1-3H3. The first-order valence-corrected chi connectivity index (χ1v) is 5.99. The van der Waals surface area contributed by atoms with Gasteiger partial charge in [0.25, 0.3) is 0 Å². The van der Waals surface area contributed by atoms with E-state index in [1.165, 1.54) is 19.3 Å². The Hall–Kier alpha value is -0.830. The highest BCUT2D eigenvalue weighted by Crippen LogP contribution is 2.03. The van der Waals surface area contributed by atoms with Gasteiger partial charge >= 0.3 is 0 Å². The van der Waals surface area contributed by atoms with E-state index < -0.39 is 0 Å². The molecule has 1 atom stereocenters. The maximum absolute atomic E-state index is 4.25. The molecule has 0 bridgehead atoms. The van der Waals surface area contributed by atoms with Crippen molar-refractivity contribution in [3.8, 4) is 0 Å². The van der Waals surface area contributed by atoms with E-state index >= 15 is 0 Å². The molecule has 3 heteroatoms. The lowest BCUT2D eigenvalue weighted by Crippen LogP contribution is -2.33. The summed E-state index contributed by atoms with van der Waals surface area (Å²) in [7, 11) is 0. The number of hydrogen-bond donors (Lipinski definition) is 1. The van der Waals surface area contributed by atoms with Crippen LogP contribution in [0, 0.1) is 6.92 Å². The molecule has 0 saturated carbocycles. The van der Waals surface area contributed by atoms with Crippen molar-refractivity contribution in [2.45, 2.75) is 52.6 Å². The fourth-order valence-electron chi connectivity index (χ4n) is 1.79. The number of nitrogens with zero attached hydrogens (tertiary/aromatic N) is 2. The van der Waals surface area contributed by atoms with Crippen LogP contribution in [-0.4, -0.2) is 22.1 Å². The number of hydrogen-bond acceptors (Lipinski definition) is 2. The van der Waals surface area contributed by atoms with E-state index in [1.807, 2.05) is 6.20 Å². The summed E-state index contributed by atoms with van der Waals surface area (Å²) in [6.45, 7) is 8.65. The molecule has 0 saturated heterocycles. The summed E-state index contributed by atoms with van der Waals surface area (Å²) < 4.78 is 2.23. The van der Waals surface area contributed by atoms with Crippen molar-refractivity contribution in [3.63, 3.8) is 0 Å². The first-order valence-electron chi connectivity index (χ1n) is 5.99. The number of aryl methyl sites for hydroxylation is 1. The molecule has 0 fully saturated rings. The van der Waals surface area contributed by atoms with Gasteiger partial charge in [0, 0.05) is 25.0 Å². The molecule has 3 nitrogen and oxygen atoms in total. The van der Waals surface area contributed by atoms with Gasteiger partial charge < -0.3 is 9.88 Å². The van der Waals surface area contributed by atoms with Gasteiger partial charge in [-0.2, -0.15) is 0 Å². The van der Waals surface area contributed by atoms with Gasteiger partial charge in [-0.25, -0.2) is 4.98 Å². The summed E-state index contributed by atoms with van der Waals surface area (Å²) >= 11 is 0. The number of imidazole rings is 1. The monoisotopic (exact) mass is 209 g/mol. The Balaban J connectivity index is 2.46. The van der Waals surface area contributed by atoms with Gasteiger partial charge in [-0.05, 0) is 26.3 Å². The number of aromatic nitrogens is 2. The maximum atomic E-state index is 4.25. The summed E-state index contributed by atoms with van der Waals surface area (Å²) in [5.41, 5.74) is 0. The van der Waals surface area contributed by atoms with Gasteiger partial charge in [-0.1, -0.05) is 20.3 Å². The highest BCUT2D eigenvalue weighted by Gasteiger charge is 2.08. The minimum Gasteiger partial charge on any atom is -0.334 e. The fraction of sp³-hybridized carbons (Fsp3) is 0.750. The Labute approximate surface area is 92.9 Å². The molecule has 1 heterocycles. The Morgan fingerprint density at radius 3 is 2.73 bits per heavy atom. The first-order chi connectivity index (χ1) is 7.27. The third kappa shape index (κ3) is 4.04. The molecule has 15 heavy (non-hydrogen) atoms. The van der Waals surface area contributed by atoms with Crippen LogP contribution in [0.4, 0.5) is 0 Å². The van der Waals surface area contributed by atoms with Crippen LogP contribution in [0.25, 0.3) is 0 Å². The van der Waals surface area contributed by atoms with E-state index in [2.05, 4.69) is 41.8 Å². The van der Waals surface area contributed by atoms with E-state index in [-0.39, 0.29) is 0 Å².